The summed E-state index contributed by atoms with van der Waals surface area (Å²) in [7, 11) is 0. The van der Waals surface area contributed by atoms with E-state index in [0.717, 1.165) is 21.9 Å². The summed E-state index contributed by atoms with van der Waals surface area (Å²) in [5.74, 6) is 1.30. The van der Waals surface area contributed by atoms with Crippen molar-refractivity contribution in [3.8, 4) is 5.95 Å². The highest BCUT2D eigenvalue weighted by Gasteiger charge is 2.14. The smallest absolute Gasteiger partial charge is 0.239 e. The molecule has 0 atom stereocenters. The number of pyridine rings is 1. The highest BCUT2D eigenvalue weighted by atomic mass is 15.2. The Morgan fingerprint density at radius 2 is 1.86 bits per heavy atom. The number of hydrogen-bond acceptors (Lipinski definition) is 4. The van der Waals surface area contributed by atoms with Gasteiger partial charge >= 0.3 is 0 Å². The lowest BCUT2D eigenvalue weighted by molar-refractivity contribution is 0.894. The van der Waals surface area contributed by atoms with E-state index in [4.69, 9.17) is 0 Å². The van der Waals surface area contributed by atoms with Gasteiger partial charge in [-0.15, -0.1) is 0 Å². The minimum absolute atomic E-state index is 0.604. The Bertz CT molecular complexity index is 971. The Morgan fingerprint density at radius 3 is 2.71 bits per heavy atom. The molecule has 0 amide bonds. The first-order valence-electron chi connectivity index (χ1n) is 6.76. The lowest BCUT2D eigenvalue weighted by Crippen LogP contribution is -2.04. The number of benzene rings is 1. The van der Waals surface area contributed by atoms with E-state index in [1.807, 2.05) is 17.6 Å². The van der Waals surface area contributed by atoms with Crippen molar-refractivity contribution in [2.24, 2.45) is 0 Å². The maximum absolute atomic E-state index is 4.52. The lowest BCUT2D eigenvalue weighted by atomic mass is 10.1. The number of hydrogen-bond donors (Lipinski definition) is 0. The molecule has 0 aliphatic carbocycles. The predicted molar refractivity (Wildman–Crippen MR) is 81.4 cm³/mol. The highest BCUT2D eigenvalue weighted by Crippen LogP contribution is 2.29. The monoisotopic (exact) mass is 275 g/mol. The second kappa shape index (κ2) is 4.34. The Hall–Kier alpha value is -2.82. The van der Waals surface area contributed by atoms with Crippen molar-refractivity contribution < 1.29 is 0 Å². The average molecular weight is 275 g/mol. The molecular formula is C16H13N5. The lowest BCUT2D eigenvalue weighted by Gasteiger charge is -2.05. The second-order valence-corrected chi connectivity index (χ2v) is 5.06. The van der Waals surface area contributed by atoms with Crippen LogP contribution in [0.5, 0.6) is 0 Å². The summed E-state index contributed by atoms with van der Waals surface area (Å²) in [4.78, 5) is 17.3. The van der Waals surface area contributed by atoms with Crippen LogP contribution in [0.4, 0.5) is 0 Å². The van der Waals surface area contributed by atoms with Gasteiger partial charge in [-0.25, -0.2) is 15.0 Å². The molecule has 0 aliphatic heterocycles. The van der Waals surface area contributed by atoms with Crippen LogP contribution in [0.3, 0.4) is 0 Å². The van der Waals surface area contributed by atoms with Crippen LogP contribution in [0.1, 0.15) is 11.4 Å². The van der Waals surface area contributed by atoms with Gasteiger partial charge in [0.05, 0.1) is 5.52 Å². The standard InChI is InChI=1S/C16H13N5/c1-10-5-6-12-13-4-3-7-17-15(13)21(14(12)8-10)16-19-9-18-11(2)20-16/h3-9H,1-2H3. The van der Waals surface area contributed by atoms with Crippen LogP contribution in [-0.2, 0) is 0 Å². The van der Waals surface area contributed by atoms with Crippen LogP contribution < -0.4 is 0 Å². The molecular weight excluding hydrogens is 262 g/mol. The first-order chi connectivity index (χ1) is 10.2. The molecule has 0 N–H and O–H groups in total. The predicted octanol–water partition coefficient (Wildman–Crippen LogP) is 2.98. The summed E-state index contributed by atoms with van der Waals surface area (Å²) < 4.78 is 1.99. The van der Waals surface area contributed by atoms with Gasteiger partial charge in [-0.05, 0) is 37.6 Å². The first-order valence-corrected chi connectivity index (χ1v) is 6.76. The SMILES string of the molecule is Cc1ccc2c3cccnc3n(-c3ncnc(C)n3)c2c1. The Labute approximate surface area is 121 Å². The molecule has 0 saturated carbocycles. The van der Waals surface area contributed by atoms with Gasteiger partial charge in [0.25, 0.3) is 0 Å². The van der Waals surface area contributed by atoms with Gasteiger partial charge in [-0.1, -0.05) is 12.1 Å². The maximum Gasteiger partial charge on any atom is 0.239 e. The number of fused-ring (bicyclic) bond motifs is 3. The Morgan fingerprint density at radius 1 is 0.952 bits per heavy atom. The van der Waals surface area contributed by atoms with Gasteiger partial charge in [0.2, 0.25) is 5.95 Å². The zero-order valence-electron chi connectivity index (χ0n) is 11.8. The van der Waals surface area contributed by atoms with Gasteiger partial charge < -0.3 is 0 Å². The van der Waals surface area contributed by atoms with Gasteiger partial charge in [-0.3, -0.25) is 4.57 Å². The molecule has 0 radical (unpaired) electrons. The minimum Gasteiger partial charge on any atom is -0.262 e. The van der Waals surface area contributed by atoms with Gasteiger partial charge in [0, 0.05) is 17.0 Å². The minimum atomic E-state index is 0.604. The maximum atomic E-state index is 4.52. The van der Waals surface area contributed by atoms with Crippen molar-refractivity contribution in [1.82, 2.24) is 24.5 Å². The largest absolute Gasteiger partial charge is 0.262 e. The molecule has 3 aromatic heterocycles. The van der Waals surface area contributed by atoms with E-state index in [1.165, 1.54) is 11.9 Å². The van der Waals surface area contributed by atoms with Crippen LogP contribution >= 0.6 is 0 Å². The number of aromatic nitrogens is 5. The molecule has 0 unspecified atom stereocenters. The molecule has 0 saturated heterocycles. The number of nitrogens with zero attached hydrogens (tertiary/aromatic N) is 5. The van der Waals surface area contributed by atoms with E-state index in [-0.39, 0.29) is 0 Å². The van der Waals surface area contributed by atoms with Gasteiger partial charge in [-0.2, -0.15) is 4.98 Å². The molecule has 21 heavy (non-hydrogen) atoms. The van der Waals surface area contributed by atoms with Crippen LogP contribution in [0.15, 0.2) is 42.9 Å². The van der Waals surface area contributed by atoms with E-state index in [0.29, 0.717) is 11.8 Å². The summed E-state index contributed by atoms with van der Waals surface area (Å²) in [6.45, 7) is 3.94. The molecule has 4 aromatic rings. The Kier molecular flexibility index (Phi) is 2.47. The van der Waals surface area contributed by atoms with Crippen molar-refractivity contribution >= 4 is 21.9 Å². The highest BCUT2D eigenvalue weighted by molar-refractivity contribution is 6.07. The number of rotatable bonds is 1. The molecule has 5 heteroatoms. The van der Waals surface area contributed by atoms with E-state index in [2.05, 4.69) is 51.1 Å². The fourth-order valence-corrected chi connectivity index (χ4v) is 2.63. The summed E-state index contributed by atoms with van der Waals surface area (Å²) in [6.07, 6.45) is 3.33. The van der Waals surface area contributed by atoms with Crippen LogP contribution in [0.25, 0.3) is 27.9 Å². The van der Waals surface area contributed by atoms with Crippen LogP contribution in [0.2, 0.25) is 0 Å². The van der Waals surface area contributed by atoms with Crippen LogP contribution in [-0.4, -0.2) is 24.5 Å². The fraction of sp³-hybridized carbons (Fsp3) is 0.125. The molecule has 3 heterocycles. The summed E-state index contributed by atoms with van der Waals surface area (Å²) in [5, 5.41) is 2.26. The van der Waals surface area contributed by atoms with Crippen molar-refractivity contribution in [1.29, 1.82) is 0 Å². The normalized spacial score (nSPS) is 11.3. The third-order valence-electron chi connectivity index (χ3n) is 3.56. The van der Waals surface area contributed by atoms with E-state index in [9.17, 15) is 0 Å². The third-order valence-corrected chi connectivity index (χ3v) is 3.56. The molecule has 0 spiro atoms. The van der Waals surface area contributed by atoms with E-state index >= 15 is 0 Å². The van der Waals surface area contributed by atoms with Crippen molar-refractivity contribution in [3.63, 3.8) is 0 Å². The van der Waals surface area contributed by atoms with Crippen molar-refractivity contribution in [2.75, 3.05) is 0 Å². The fourth-order valence-electron chi connectivity index (χ4n) is 2.63. The quantitative estimate of drug-likeness (QED) is 0.536. The molecule has 5 nitrogen and oxygen atoms in total. The first kappa shape index (κ1) is 12.0. The van der Waals surface area contributed by atoms with Gasteiger partial charge in [0.15, 0.2) is 0 Å². The summed E-state index contributed by atoms with van der Waals surface area (Å²) in [6, 6.07) is 10.4. The van der Waals surface area contributed by atoms with Crippen LogP contribution in [0, 0.1) is 13.8 Å². The van der Waals surface area contributed by atoms with Crippen molar-refractivity contribution in [2.45, 2.75) is 13.8 Å². The molecule has 1 aromatic carbocycles. The molecule has 0 fully saturated rings. The zero-order valence-corrected chi connectivity index (χ0v) is 11.8. The summed E-state index contributed by atoms with van der Waals surface area (Å²) >= 11 is 0. The number of aryl methyl sites for hydroxylation is 2. The zero-order chi connectivity index (χ0) is 14.4. The Balaban J connectivity index is 2.21. The van der Waals surface area contributed by atoms with Crippen molar-refractivity contribution in [3.05, 3.63) is 54.2 Å². The second-order valence-electron chi connectivity index (χ2n) is 5.06. The molecule has 0 aliphatic rings. The van der Waals surface area contributed by atoms with Gasteiger partial charge in [0.1, 0.15) is 17.8 Å². The molecule has 4 rings (SSSR count). The molecule has 0 bridgehead atoms. The molecule has 102 valence electrons. The third kappa shape index (κ3) is 1.78. The van der Waals surface area contributed by atoms with E-state index < -0.39 is 0 Å². The average Bonchev–Trinajstić information content (AvgIpc) is 2.80. The summed E-state index contributed by atoms with van der Waals surface area (Å²) in [5.41, 5.74) is 3.12. The van der Waals surface area contributed by atoms with E-state index in [1.54, 1.807) is 6.20 Å². The topological polar surface area (TPSA) is 56.5 Å².